The lowest BCUT2D eigenvalue weighted by atomic mass is 9.90. The first-order valence-electron chi connectivity index (χ1n) is 7.76. The summed E-state index contributed by atoms with van der Waals surface area (Å²) in [4.78, 5) is 6.52. The van der Waals surface area contributed by atoms with Gasteiger partial charge in [-0.1, -0.05) is 0 Å². The smallest absolute Gasteiger partial charge is 0.149 e. The molecule has 0 unspecified atom stereocenters. The molecule has 0 spiro atoms. The number of hydrogen-bond donors (Lipinski definition) is 1. The molecule has 2 aliphatic rings. The standard InChI is InChI=1S/C17H20FN3/c18-15-5-6-16(14-2-1-7-20-17(14)15)21-9-12(11-3-4-11)8-13(19)10-21/h1-2,5-7,11-13H,3-4,8-10,19H2/t12-,13+/m1/s1. The Labute approximate surface area is 124 Å². The van der Waals surface area contributed by atoms with Crippen LogP contribution < -0.4 is 10.6 Å². The largest absolute Gasteiger partial charge is 0.369 e. The first kappa shape index (κ1) is 13.0. The predicted octanol–water partition coefficient (Wildman–Crippen LogP) is 2.94. The van der Waals surface area contributed by atoms with Crippen LogP contribution in [0.5, 0.6) is 0 Å². The number of pyridine rings is 1. The normalized spacial score (nSPS) is 26.3. The van der Waals surface area contributed by atoms with Crippen LogP contribution in [-0.4, -0.2) is 24.1 Å². The molecule has 1 saturated heterocycles. The maximum Gasteiger partial charge on any atom is 0.149 e. The van der Waals surface area contributed by atoms with Gasteiger partial charge in [0.2, 0.25) is 0 Å². The molecule has 1 aromatic carbocycles. The molecule has 0 amide bonds. The van der Waals surface area contributed by atoms with Crippen LogP contribution in [0.15, 0.2) is 30.5 Å². The van der Waals surface area contributed by atoms with E-state index in [0.717, 1.165) is 36.5 Å². The van der Waals surface area contributed by atoms with E-state index < -0.39 is 0 Å². The van der Waals surface area contributed by atoms with E-state index in [1.807, 2.05) is 18.2 Å². The number of fused-ring (bicyclic) bond motifs is 1. The molecule has 1 saturated carbocycles. The number of hydrogen-bond acceptors (Lipinski definition) is 3. The molecule has 2 aromatic rings. The molecule has 2 N–H and O–H groups in total. The highest BCUT2D eigenvalue weighted by Gasteiger charge is 2.36. The van der Waals surface area contributed by atoms with Crippen molar-refractivity contribution in [2.24, 2.45) is 17.6 Å². The highest BCUT2D eigenvalue weighted by atomic mass is 19.1. The van der Waals surface area contributed by atoms with Gasteiger partial charge in [0.15, 0.2) is 0 Å². The van der Waals surface area contributed by atoms with E-state index in [1.165, 1.54) is 18.9 Å². The van der Waals surface area contributed by atoms with Gasteiger partial charge in [-0.3, -0.25) is 4.98 Å². The van der Waals surface area contributed by atoms with Crippen molar-refractivity contribution in [1.82, 2.24) is 4.98 Å². The molecule has 2 heterocycles. The van der Waals surface area contributed by atoms with Crippen molar-refractivity contribution in [1.29, 1.82) is 0 Å². The Hall–Kier alpha value is -1.68. The molecule has 3 nitrogen and oxygen atoms in total. The molecule has 1 aliphatic heterocycles. The number of aromatic nitrogens is 1. The van der Waals surface area contributed by atoms with E-state index in [2.05, 4.69) is 9.88 Å². The van der Waals surface area contributed by atoms with Gasteiger partial charge in [-0.15, -0.1) is 0 Å². The lowest BCUT2D eigenvalue weighted by Crippen LogP contribution is -2.47. The third-order valence-electron chi connectivity index (χ3n) is 4.84. The summed E-state index contributed by atoms with van der Waals surface area (Å²) in [6, 6.07) is 7.43. The van der Waals surface area contributed by atoms with Crippen molar-refractivity contribution in [2.45, 2.75) is 25.3 Å². The molecule has 0 radical (unpaired) electrons. The van der Waals surface area contributed by atoms with Gasteiger partial charge in [-0.05, 0) is 55.4 Å². The molecule has 2 atom stereocenters. The predicted molar refractivity (Wildman–Crippen MR) is 82.7 cm³/mol. The first-order valence-corrected chi connectivity index (χ1v) is 7.76. The molecule has 21 heavy (non-hydrogen) atoms. The van der Waals surface area contributed by atoms with Crippen molar-refractivity contribution in [3.63, 3.8) is 0 Å². The Kier molecular flexibility index (Phi) is 3.07. The summed E-state index contributed by atoms with van der Waals surface area (Å²) in [5.41, 5.74) is 7.79. The summed E-state index contributed by atoms with van der Waals surface area (Å²) in [7, 11) is 0. The van der Waals surface area contributed by atoms with E-state index in [-0.39, 0.29) is 11.9 Å². The highest BCUT2D eigenvalue weighted by Crippen LogP contribution is 2.42. The Morgan fingerprint density at radius 1 is 1.14 bits per heavy atom. The number of nitrogens with zero attached hydrogens (tertiary/aromatic N) is 2. The van der Waals surface area contributed by atoms with Gasteiger partial charge in [-0.2, -0.15) is 0 Å². The summed E-state index contributed by atoms with van der Waals surface area (Å²) in [6.45, 7) is 1.88. The fourth-order valence-corrected chi connectivity index (χ4v) is 3.68. The number of nitrogens with two attached hydrogens (primary N) is 1. The minimum Gasteiger partial charge on any atom is -0.369 e. The van der Waals surface area contributed by atoms with Crippen LogP contribution in [0.25, 0.3) is 10.9 Å². The molecule has 4 heteroatoms. The Bertz CT molecular complexity index is 668. The minimum atomic E-state index is -0.255. The Morgan fingerprint density at radius 2 is 2.00 bits per heavy atom. The van der Waals surface area contributed by atoms with Crippen LogP contribution in [0, 0.1) is 17.7 Å². The topological polar surface area (TPSA) is 42.1 Å². The molecule has 2 fully saturated rings. The van der Waals surface area contributed by atoms with E-state index in [4.69, 9.17) is 5.73 Å². The van der Waals surface area contributed by atoms with E-state index >= 15 is 0 Å². The fourth-order valence-electron chi connectivity index (χ4n) is 3.68. The first-order chi connectivity index (χ1) is 10.2. The summed E-state index contributed by atoms with van der Waals surface area (Å²) in [6.07, 6.45) is 5.45. The highest BCUT2D eigenvalue weighted by molar-refractivity contribution is 5.92. The number of anilines is 1. The molecular weight excluding hydrogens is 265 g/mol. The van der Waals surface area contributed by atoms with Gasteiger partial charge in [0, 0.05) is 36.4 Å². The lowest BCUT2D eigenvalue weighted by molar-refractivity contribution is 0.342. The van der Waals surface area contributed by atoms with E-state index in [9.17, 15) is 4.39 Å². The summed E-state index contributed by atoms with van der Waals surface area (Å²) in [5, 5.41) is 0.890. The van der Waals surface area contributed by atoms with Crippen molar-refractivity contribution in [3.8, 4) is 0 Å². The SMILES string of the molecule is N[C@H]1C[C@@H](C2CC2)CN(c2ccc(F)c3ncccc23)C1. The third kappa shape index (κ3) is 2.38. The van der Waals surface area contributed by atoms with Crippen LogP contribution in [-0.2, 0) is 0 Å². The van der Waals surface area contributed by atoms with Crippen molar-refractivity contribution >= 4 is 16.6 Å². The quantitative estimate of drug-likeness (QED) is 0.922. The second-order valence-corrected chi connectivity index (χ2v) is 6.46. The number of halogens is 1. The zero-order valence-electron chi connectivity index (χ0n) is 12.0. The van der Waals surface area contributed by atoms with Gasteiger partial charge in [0.1, 0.15) is 11.3 Å². The van der Waals surface area contributed by atoms with E-state index in [1.54, 1.807) is 6.20 Å². The third-order valence-corrected chi connectivity index (χ3v) is 4.84. The van der Waals surface area contributed by atoms with Gasteiger partial charge >= 0.3 is 0 Å². The molecular formula is C17H20FN3. The van der Waals surface area contributed by atoms with Crippen LogP contribution in [0.3, 0.4) is 0 Å². The maximum atomic E-state index is 13.9. The summed E-state index contributed by atoms with van der Waals surface area (Å²) >= 11 is 0. The fraction of sp³-hybridized carbons (Fsp3) is 0.471. The van der Waals surface area contributed by atoms with Crippen LogP contribution in [0.4, 0.5) is 10.1 Å². The van der Waals surface area contributed by atoms with E-state index in [0.29, 0.717) is 11.4 Å². The Balaban J connectivity index is 1.73. The molecule has 0 bridgehead atoms. The molecule has 1 aliphatic carbocycles. The molecule has 4 rings (SSSR count). The maximum absolute atomic E-state index is 13.9. The average molecular weight is 285 g/mol. The van der Waals surface area contributed by atoms with Gasteiger partial charge in [0.25, 0.3) is 0 Å². The van der Waals surface area contributed by atoms with Crippen molar-refractivity contribution in [3.05, 3.63) is 36.3 Å². The molecule has 1 aromatic heterocycles. The van der Waals surface area contributed by atoms with Gasteiger partial charge in [-0.25, -0.2) is 4.39 Å². The van der Waals surface area contributed by atoms with Crippen molar-refractivity contribution in [2.75, 3.05) is 18.0 Å². The summed E-state index contributed by atoms with van der Waals surface area (Å²) in [5.74, 6) is 1.28. The molecule has 110 valence electrons. The van der Waals surface area contributed by atoms with Crippen LogP contribution in [0.2, 0.25) is 0 Å². The zero-order valence-corrected chi connectivity index (χ0v) is 12.0. The van der Waals surface area contributed by atoms with Crippen LogP contribution >= 0.6 is 0 Å². The second kappa shape index (κ2) is 4.95. The second-order valence-electron chi connectivity index (χ2n) is 6.46. The monoisotopic (exact) mass is 285 g/mol. The average Bonchev–Trinajstić information content (AvgIpc) is 3.32. The van der Waals surface area contributed by atoms with Crippen molar-refractivity contribution < 1.29 is 4.39 Å². The summed E-state index contributed by atoms with van der Waals surface area (Å²) < 4.78 is 13.9. The van der Waals surface area contributed by atoms with Gasteiger partial charge in [0.05, 0.1) is 0 Å². The van der Waals surface area contributed by atoms with Gasteiger partial charge < -0.3 is 10.6 Å². The number of benzene rings is 1. The zero-order chi connectivity index (χ0) is 14.4. The lowest BCUT2D eigenvalue weighted by Gasteiger charge is -2.38. The Morgan fingerprint density at radius 3 is 2.81 bits per heavy atom. The van der Waals surface area contributed by atoms with Crippen LogP contribution in [0.1, 0.15) is 19.3 Å². The minimum absolute atomic E-state index is 0.209. The number of piperidine rings is 1. The number of rotatable bonds is 2.